The number of carbonyl (C=O) groups is 2. The Balaban J connectivity index is 2.08. The Kier molecular flexibility index (Phi) is 8.26. The highest BCUT2D eigenvalue weighted by Crippen LogP contribution is 2.24. The Morgan fingerprint density at radius 2 is 1.95 bits per heavy atom. The minimum absolute atomic E-state index is 0.0342. The number of nitrogens with one attached hydrogen (secondary N) is 2. The monoisotopic (exact) mass is 284 g/mol. The van der Waals surface area contributed by atoms with E-state index in [1.165, 1.54) is 0 Å². The van der Waals surface area contributed by atoms with Crippen molar-refractivity contribution in [3.8, 4) is 0 Å². The first-order valence-corrected chi connectivity index (χ1v) is 7.82. The van der Waals surface area contributed by atoms with Gasteiger partial charge in [-0.05, 0) is 25.2 Å². The van der Waals surface area contributed by atoms with E-state index in [4.69, 9.17) is 5.11 Å². The van der Waals surface area contributed by atoms with Crippen molar-refractivity contribution >= 4 is 11.8 Å². The van der Waals surface area contributed by atoms with Crippen molar-refractivity contribution in [2.24, 2.45) is 11.8 Å². The van der Waals surface area contributed by atoms with Crippen LogP contribution >= 0.6 is 0 Å². The normalized spacial score (nSPS) is 16.9. The number of carbonyl (C=O) groups excluding carboxylic acids is 2. The molecule has 0 heterocycles. The van der Waals surface area contributed by atoms with Gasteiger partial charge in [0.1, 0.15) is 0 Å². The summed E-state index contributed by atoms with van der Waals surface area (Å²) < 4.78 is 0. The van der Waals surface area contributed by atoms with Gasteiger partial charge in [-0.2, -0.15) is 0 Å². The fourth-order valence-electron chi connectivity index (χ4n) is 2.61. The summed E-state index contributed by atoms with van der Waals surface area (Å²) in [6, 6.07) is 0. The van der Waals surface area contributed by atoms with Gasteiger partial charge in [-0.3, -0.25) is 9.59 Å². The van der Waals surface area contributed by atoms with Gasteiger partial charge in [-0.1, -0.05) is 26.2 Å². The molecule has 2 amide bonds. The Labute approximate surface area is 121 Å². The molecular formula is C15H28N2O3. The summed E-state index contributed by atoms with van der Waals surface area (Å²) in [7, 11) is 0. The van der Waals surface area contributed by atoms with Crippen molar-refractivity contribution in [2.75, 3.05) is 19.7 Å². The SMILES string of the molecule is CCC(CCO)CNC(=O)CCNC(=O)C1CCCC1. The van der Waals surface area contributed by atoms with Gasteiger partial charge in [-0.15, -0.1) is 0 Å². The second-order valence-electron chi connectivity index (χ2n) is 5.61. The average molecular weight is 284 g/mol. The molecule has 20 heavy (non-hydrogen) atoms. The van der Waals surface area contributed by atoms with Gasteiger partial charge in [0.2, 0.25) is 11.8 Å². The average Bonchev–Trinajstić information content (AvgIpc) is 2.97. The lowest BCUT2D eigenvalue weighted by Crippen LogP contribution is -2.35. The second kappa shape index (κ2) is 9.75. The van der Waals surface area contributed by atoms with E-state index < -0.39 is 0 Å². The summed E-state index contributed by atoms with van der Waals surface area (Å²) in [6.07, 6.45) is 6.24. The molecule has 0 spiro atoms. The second-order valence-corrected chi connectivity index (χ2v) is 5.61. The lowest BCUT2D eigenvalue weighted by atomic mass is 10.0. The van der Waals surface area contributed by atoms with Crippen molar-refractivity contribution in [3.05, 3.63) is 0 Å². The molecular weight excluding hydrogens is 256 g/mol. The highest BCUT2D eigenvalue weighted by Gasteiger charge is 2.22. The van der Waals surface area contributed by atoms with E-state index in [0.29, 0.717) is 25.4 Å². The zero-order chi connectivity index (χ0) is 14.8. The molecule has 3 N–H and O–H groups in total. The summed E-state index contributed by atoms with van der Waals surface area (Å²) in [5.74, 6) is 0.555. The first-order chi connectivity index (χ1) is 9.67. The van der Waals surface area contributed by atoms with E-state index in [1.54, 1.807) is 0 Å². The molecule has 5 heteroatoms. The molecule has 0 aromatic carbocycles. The third-order valence-corrected chi connectivity index (χ3v) is 4.08. The lowest BCUT2D eigenvalue weighted by Gasteiger charge is -2.14. The number of aliphatic hydroxyl groups excluding tert-OH is 1. The van der Waals surface area contributed by atoms with Crippen LogP contribution in [0.3, 0.4) is 0 Å². The van der Waals surface area contributed by atoms with Crippen molar-refractivity contribution in [3.63, 3.8) is 0 Å². The van der Waals surface area contributed by atoms with Crippen molar-refractivity contribution < 1.29 is 14.7 Å². The molecule has 1 aliphatic carbocycles. The molecule has 1 rings (SSSR count). The van der Waals surface area contributed by atoms with Crippen LogP contribution in [0.4, 0.5) is 0 Å². The van der Waals surface area contributed by atoms with Crippen LogP contribution in [-0.4, -0.2) is 36.6 Å². The van der Waals surface area contributed by atoms with E-state index in [1.807, 2.05) is 6.92 Å². The first-order valence-electron chi connectivity index (χ1n) is 7.82. The quantitative estimate of drug-likeness (QED) is 0.595. The number of rotatable bonds is 9. The molecule has 0 aromatic rings. The van der Waals surface area contributed by atoms with Crippen LogP contribution in [-0.2, 0) is 9.59 Å². The van der Waals surface area contributed by atoms with E-state index in [9.17, 15) is 9.59 Å². The van der Waals surface area contributed by atoms with Gasteiger partial charge in [0, 0.05) is 32.0 Å². The third kappa shape index (κ3) is 6.37. The fourth-order valence-corrected chi connectivity index (χ4v) is 2.61. The maximum absolute atomic E-state index is 11.8. The Bertz CT molecular complexity index is 301. The van der Waals surface area contributed by atoms with Crippen LogP contribution in [0.15, 0.2) is 0 Å². The molecule has 1 atom stereocenters. The van der Waals surface area contributed by atoms with Crippen LogP contribution in [0.5, 0.6) is 0 Å². The predicted octanol–water partition coefficient (Wildman–Crippen LogP) is 1.21. The largest absolute Gasteiger partial charge is 0.396 e. The number of hydrogen-bond acceptors (Lipinski definition) is 3. The molecule has 1 fully saturated rings. The van der Waals surface area contributed by atoms with Crippen LogP contribution < -0.4 is 10.6 Å². The van der Waals surface area contributed by atoms with E-state index in [2.05, 4.69) is 10.6 Å². The molecule has 0 saturated heterocycles. The third-order valence-electron chi connectivity index (χ3n) is 4.08. The summed E-state index contributed by atoms with van der Waals surface area (Å²) in [6.45, 7) is 3.23. The van der Waals surface area contributed by atoms with Crippen LogP contribution in [0.2, 0.25) is 0 Å². The topological polar surface area (TPSA) is 78.4 Å². The van der Waals surface area contributed by atoms with Gasteiger partial charge >= 0.3 is 0 Å². The molecule has 0 aromatic heterocycles. The molecule has 5 nitrogen and oxygen atoms in total. The van der Waals surface area contributed by atoms with Crippen LogP contribution in [0.1, 0.15) is 51.9 Å². The smallest absolute Gasteiger partial charge is 0.223 e. The van der Waals surface area contributed by atoms with Gasteiger partial charge in [0.15, 0.2) is 0 Å². The molecule has 0 aliphatic heterocycles. The highest BCUT2D eigenvalue weighted by molar-refractivity contribution is 5.80. The first kappa shape index (κ1) is 17.0. The van der Waals surface area contributed by atoms with Gasteiger partial charge < -0.3 is 15.7 Å². The Morgan fingerprint density at radius 3 is 2.55 bits per heavy atom. The summed E-state index contributed by atoms with van der Waals surface area (Å²) in [5.41, 5.74) is 0. The summed E-state index contributed by atoms with van der Waals surface area (Å²) in [5, 5.41) is 14.6. The summed E-state index contributed by atoms with van der Waals surface area (Å²) in [4.78, 5) is 23.4. The zero-order valence-corrected chi connectivity index (χ0v) is 12.5. The lowest BCUT2D eigenvalue weighted by molar-refractivity contribution is -0.125. The minimum atomic E-state index is -0.0342. The molecule has 1 unspecified atom stereocenters. The fraction of sp³-hybridized carbons (Fsp3) is 0.867. The number of amides is 2. The summed E-state index contributed by atoms with van der Waals surface area (Å²) >= 11 is 0. The predicted molar refractivity (Wildman–Crippen MR) is 78.1 cm³/mol. The molecule has 0 radical (unpaired) electrons. The Hall–Kier alpha value is -1.10. The molecule has 1 aliphatic rings. The van der Waals surface area contributed by atoms with E-state index in [0.717, 1.165) is 38.5 Å². The zero-order valence-electron chi connectivity index (χ0n) is 12.5. The van der Waals surface area contributed by atoms with Gasteiger partial charge in [-0.25, -0.2) is 0 Å². The van der Waals surface area contributed by atoms with Crippen molar-refractivity contribution in [2.45, 2.75) is 51.9 Å². The Morgan fingerprint density at radius 1 is 1.25 bits per heavy atom. The minimum Gasteiger partial charge on any atom is -0.396 e. The van der Waals surface area contributed by atoms with Crippen molar-refractivity contribution in [1.82, 2.24) is 10.6 Å². The maximum Gasteiger partial charge on any atom is 0.223 e. The van der Waals surface area contributed by atoms with E-state index >= 15 is 0 Å². The molecule has 116 valence electrons. The number of hydrogen-bond donors (Lipinski definition) is 3. The standard InChI is InChI=1S/C15H28N2O3/c1-2-12(8-10-18)11-17-14(19)7-9-16-15(20)13-5-3-4-6-13/h12-13,18H,2-11H2,1H3,(H,16,20)(H,17,19). The van der Waals surface area contributed by atoms with Gasteiger partial charge in [0.25, 0.3) is 0 Å². The van der Waals surface area contributed by atoms with Crippen LogP contribution in [0.25, 0.3) is 0 Å². The maximum atomic E-state index is 11.8. The van der Waals surface area contributed by atoms with Crippen LogP contribution in [0, 0.1) is 11.8 Å². The molecule has 1 saturated carbocycles. The van der Waals surface area contributed by atoms with E-state index in [-0.39, 0.29) is 24.3 Å². The van der Waals surface area contributed by atoms with Gasteiger partial charge in [0.05, 0.1) is 0 Å². The molecule has 0 bridgehead atoms. The highest BCUT2D eigenvalue weighted by atomic mass is 16.3. The van der Waals surface area contributed by atoms with Crippen molar-refractivity contribution in [1.29, 1.82) is 0 Å². The number of aliphatic hydroxyl groups is 1.